The van der Waals surface area contributed by atoms with E-state index in [-0.39, 0.29) is 5.91 Å². The molecule has 2 aromatic rings. The molecule has 2 rings (SSSR count). The molecule has 0 bridgehead atoms. The van der Waals surface area contributed by atoms with Gasteiger partial charge in [-0.25, -0.2) is 0 Å². The molecule has 0 fully saturated rings. The lowest BCUT2D eigenvalue weighted by atomic mass is 10.1. The Bertz CT molecular complexity index is 562. The summed E-state index contributed by atoms with van der Waals surface area (Å²) in [5.41, 5.74) is 1.01. The maximum atomic E-state index is 12.0. The third-order valence-electron chi connectivity index (χ3n) is 3.02. The lowest BCUT2D eigenvalue weighted by molar-refractivity contribution is 0.0917. The predicted molar refractivity (Wildman–Crippen MR) is 75.2 cm³/mol. The second kappa shape index (κ2) is 5.50. The van der Waals surface area contributed by atoms with Gasteiger partial charge in [-0.1, -0.05) is 25.1 Å². The number of thiophene rings is 1. The van der Waals surface area contributed by atoms with E-state index in [4.69, 9.17) is 0 Å². The van der Waals surface area contributed by atoms with Crippen LogP contribution in [-0.4, -0.2) is 23.7 Å². The summed E-state index contributed by atoms with van der Waals surface area (Å²) in [6.07, 6.45) is 0.176. The third-order valence-corrected chi connectivity index (χ3v) is 4.29. The number of aliphatic hydroxyl groups excluding tert-OH is 1. The Balaban J connectivity index is 2.20. The van der Waals surface area contributed by atoms with E-state index in [1.807, 2.05) is 38.1 Å². The minimum absolute atomic E-state index is 0.0961. The van der Waals surface area contributed by atoms with E-state index in [9.17, 15) is 9.90 Å². The predicted octanol–water partition coefficient (Wildman–Crippen LogP) is 2.71. The molecule has 0 aliphatic rings. The van der Waals surface area contributed by atoms with Crippen LogP contribution in [0.15, 0.2) is 24.3 Å². The fourth-order valence-corrected chi connectivity index (χ4v) is 2.95. The Morgan fingerprint density at radius 3 is 2.83 bits per heavy atom. The molecule has 96 valence electrons. The molecule has 0 radical (unpaired) electrons. The zero-order chi connectivity index (χ0) is 13.1. The van der Waals surface area contributed by atoms with E-state index in [1.165, 1.54) is 11.3 Å². The van der Waals surface area contributed by atoms with Gasteiger partial charge in [0.2, 0.25) is 0 Å². The summed E-state index contributed by atoms with van der Waals surface area (Å²) < 4.78 is 1.12. The molecule has 2 N–H and O–H groups in total. The Kier molecular flexibility index (Phi) is 3.99. The first-order chi connectivity index (χ1) is 8.63. The molecule has 0 saturated carbocycles. The largest absolute Gasteiger partial charge is 0.391 e. The van der Waals surface area contributed by atoms with Crippen molar-refractivity contribution in [1.82, 2.24) is 5.32 Å². The normalized spacial score (nSPS) is 12.6. The highest BCUT2D eigenvalue weighted by Crippen LogP contribution is 2.30. The van der Waals surface area contributed by atoms with Crippen LogP contribution in [-0.2, 0) is 0 Å². The molecule has 1 atom stereocenters. The number of carbonyl (C=O) groups is 1. The Labute approximate surface area is 110 Å². The Morgan fingerprint density at radius 2 is 2.17 bits per heavy atom. The number of fused-ring (bicyclic) bond motifs is 1. The Morgan fingerprint density at radius 1 is 1.44 bits per heavy atom. The highest BCUT2D eigenvalue weighted by molar-refractivity contribution is 7.21. The van der Waals surface area contributed by atoms with Crippen LogP contribution in [0.3, 0.4) is 0 Å². The fraction of sp³-hybridized carbons (Fsp3) is 0.357. The number of hydrogen-bond donors (Lipinski definition) is 2. The molecule has 0 spiro atoms. The molecule has 1 aromatic carbocycles. The van der Waals surface area contributed by atoms with Gasteiger partial charge >= 0.3 is 0 Å². The molecule has 1 heterocycles. The van der Waals surface area contributed by atoms with Crippen molar-refractivity contribution in [3.63, 3.8) is 0 Å². The fourth-order valence-electron chi connectivity index (χ4n) is 1.83. The topological polar surface area (TPSA) is 49.3 Å². The number of aliphatic hydroxyl groups is 1. The van der Waals surface area contributed by atoms with Gasteiger partial charge in [-0.05, 0) is 30.4 Å². The summed E-state index contributed by atoms with van der Waals surface area (Å²) in [6, 6.07) is 7.99. The van der Waals surface area contributed by atoms with Gasteiger partial charge in [-0.2, -0.15) is 0 Å². The zero-order valence-corrected chi connectivity index (χ0v) is 11.4. The van der Waals surface area contributed by atoms with Crippen molar-refractivity contribution in [3.05, 3.63) is 34.7 Å². The summed E-state index contributed by atoms with van der Waals surface area (Å²) in [5, 5.41) is 13.4. The molecule has 3 nitrogen and oxygen atoms in total. The van der Waals surface area contributed by atoms with Crippen molar-refractivity contribution in [2.24, 2.45) is 0 Å². The number of carbonyl (C=O) groups excluding carboxylic acids is 1. The van der Waals surface area contributed by atoms with E-state index in [2.05, 4.69) is 5.32 Å². The number of aryl methyl sites for hydroxylation is 1. The van der Waals surface area contributed by atoms with Crippen LogP contribution in [0.5, 0.6) is 0 Å². The summed E-state index contributed by atoms with van der Waals surface area (Å²) in [5.74, 6) is -0.0961. The SMILES string of the molecule is CCC(O)CNC(=O)c1sc2ccccc2c1C. The van der Waals surface area contributed by atoms with Gasteiger partial charge < -0.3 is 10.4 Å². The first kappa shape index (κ1) is 13.1. The van der Waals surface area contributed by atoms with Crippen LogP contribution in [0.25, 0.3) is 10.1 Å². The summed E-state index contributed by atoms with van der Waals surface area (Å²) in [7, 11) is 0. The van der Waals surface area contributed by atoms with E-state index in [0.29, 0.717) is 13.0 Å². The summed E-state index contributed by atoms with van der Waals surface area (Å²) in [4.78, 5) is 12.8. The minimum atomic E-state index is -0.469. The highest BCUT2D eigenvalue weighted by atomic mass is 32.1. The van der Waals surface area contributed by atoms with E-state index < -0.39 is 6.10 Å². The molecule has 18 heavy (non-hydrogen) atoms. The second-order valence-electron chi connectivity index (χ2n) is 4.32. The number of hydrogen-bond acceptors (Lipinski definition) is 3. The van der Waals surface area contributed by atoms with Crippen molar-refractivity contribution in [3.8, 4) is 0 Å². The van der Waals surface area contributed by atoms with Gasteiger partial charge in [-0.15, -0.1) is 11.3 Å². The van der Waals surface area contributed by atoms with E-state index >= 15 is 0 Å². The van der Waals surface area contributed by atoms with Crippen molar-refractivity contribution in [2.45, 2.75) is 26.4 Å². The van der Waals surface area contributed by atoms with Gasteiger partial charge in [0.25, 0.3) is 5.91 Å². The number of rotatable bonds is 4. The lowest BCUT2D eigenvalue weighted by Crippen LogP contribution is -2.31. The van der Waals surface area contributed by atoms with E-state index in [0.717, 1.165) is 20.5 Å². The first-order valence-electron chi connectivity index (χ1n) is 6.08. The highest BCUT2D eigenvalue weighted by Gasteiger charge is 2.15. The van der Waals surface area contributed by atoms with Gasteiger partial charge in [-0.3, -0.25) is 4.79 Å². The maximum absolute atomic E-state index is 12.0. The molecular weight excluding hydrogens is 246 g/mol. The lowest BCUT2D eigenvalue weighted by Gasteiger charge is -2.08. The van der Waals surface area contributed by atoms with Crippen LogP contribution < -0.4 is 5.32 Å². The Hall–Kier alpha value is -1.39. The van der Waals surface area contributed by atoms with Crippen LogP contribution in [0.2, 0.25) is 0 Å². The van der Waals surface area contributed by atoms with Crippen molar-refractivity contribution in [1.29, 1.82) is 0 Å². The van der Waals surface area contributed by atoms with E-state index in [1.54, 1.807) is 0 Å². The maximum Gasteiger partial charge on any atom is 0.261 e. The molecule has 4 heteroatoms. The van der Waals surface area contributed by atoms with Crippen LogP contribution in [0.4, 0.5) is 0 Å². The minimum Gasteiger partial charge on any atom is -0.391 e. The number of nitrogens with one attached hydrogen (secondary N) is 1. The summed E-state index contributed by atoms with van der Waals surface area (Å²) >= 11 is 1.50. The van der Waals surface area contributed by atoms with Gasteiger partial charge in [0.1, 0.15) is 0 Å². The molecule has 0 saturated heterocycles. The average molecular weight is 263 g/mol. The molecule has 1 aromatic heterocycles. The number of amides is 1. The average Bonchev–Trinajstić information content (AvgIpc) is 2.73. The smallest absolute Gasteiger partial charge is 0.261 e. The van der Waals surface area contributed by atoms with Crippen LogP contribution >= 0.6 is 11.3 Å². The van der Waals surface area contributed by atoms with Crippen molar-refractivity contribution in [2.75, 3.05) is 6.54 Å². The quantitative estimate of drug-likeness (QED) is 0.891. The standard InChI is InChI=1S/C14H17NO2S/c1-3-10(16)8-15-14(17)13-9(2)11-6-4-5-7-12(11)18-13/h4-7,10,16H,3,8H2,1-2H3,(H,15,17). The third kappa shape index (κ3) is 2.54. The molecule has 0 aliphatic heterocycles. The summed E-state index contributed by atoms with van der Waals surface area (Å²) in [6.45, 7) is 4.16. The second-order valence-corrected chi connectivity index (χ2v) is 5.38. The van der Waals surface area contributed by atoms with Crippen LogP contribution in [0.1, 0.15) is 28.6 Å². The molecular formula is C14H17NO2S. The van der Waals surface area contributed by atoms with Crippen LogP contribution in [0, 0.1) is 6.92 Å². The number of benzene rings is 1. The monoisotopic (exact) mass is 263 g/mol. The van der Waals surface area contributed by atoms with Crippen molar-refractivity contribution < 1.29 is 9.90 Å². The van der Waals surface area contributed by atoms with Crippen molar-refractivity contribution >= 4 is 27.3 Å². The van der Waals surface area contributed by atoms with Gasteiger partial charge in [0.05, 0.1) is 11.0 Å². The zero-order valence-electron chi connectivity index (χ0n) is 10.6. The molecule has 0 aliphatic carbocycles. The van der Waals surface area contributed by atoms with Gasteiger partial charge in [0.15, 0.2) is 0 Å². The molecule has 1 unspecified atom stereocenters. The molecule has 1 amide bonds. The first-order valence-corrected chi connectivity index (χ1v) is 6.89. The van der Waals surface area contributed by atoms with Gasteiger partial charge in [0, 0.05) is 11.2 Å².